The number of aromatic hydroxyl groups is 2. The predicted octanol–water partition coefficient (Wildman–Crippen LogP) is 2.91. The number of nitrogens with one attached hydrogen (secondary N) is 2. The molecule has 1 saturated carbocycles. The first-order valence-corrected chi connectivity index (χ1v) is 15.8. The molecule has 2 aliphatic carbocycles. The molecule has 2 aliphatic rings. The number of carbonyl (C=O) groups excluding carboxylic acids is 4. The standard InChI is InChI=1S/C33H50N4O8/c1-21-8-11-29(40)30(41)27(21)7-6-17-37(20-25-9-10-25)23(3)33(44)14-12-26(13-15-33)45-32(43)36(5)18-16-34-31(42)28(19-22(2)38)35-24(4)39/h8,11-12,23,25,28,40-41,44H,6-7,9-10,13-20H2,1-5H3,(H,34,42)(H,35,39)/t23?,28-,33?/m1/s1. The number of phenols is 2. The third kappa shape index (κ3) is 10.7. The summed E-state index contributed by atoms with van der Waals surface area (Å²) in [7, 11) is 1.55. The molecule has 5 N–H and O–H groups in total. The molecular weight excluding hydrogens is 580 g/mol. The number of ketones is 1. The fraction of sp³-hybridized carbons (Fsp3) is 0.636. The zero-order chi connectivity index (χ0) is 33.3. The number of Topliss-reactive ketones (excluding diaryl/α,β-unsaturated/α-hetero) is 1. The molecule has 0 heterocycles. The molecule has 3 amide bonds. The third-order valence-corrected chi connectivity index (χ3v) is 8.83. The zero-order valence-electron chi connectivity index (χ0n) is 27.2. The van der Waals surface area contributed by atoms with E-state index in [2.05, 4.69) is 15.5 Å². The Morgan fingerprint density at radius 2 is 1.84 bits per heavy atom. The fourth-order valence-corrected chi connectivity index (χ4v) is 5.71. The van der Waals surface area contributed by atoms with Crippen molar-refractivity contribution in [1.82, 2.24) is 20.4 Å². The van der Waals surface area contributed by atoms with Crippen molar-refractivity contribution in [3.8, 4) is 11.5 Å². The third-order valence-electron chi connectivity index (χ3n) is 8.83. The van der Waals surface area contributed by atoms with Crippen LogP contribution in [0.1, 0.15) is 76.8 Å². The van der Waals surface area contributed by atoms with Crippen molar-refractivity contribution < 1.29 is 39.2 Å². The van der Waals surface area contributed by atoms with Gasteiger partial charge in [-0.2, -0.15) is 0 Å². The Hall–Kier alpha value is -3.64. The second kappa shape index (κ2) is 16.1. The molecule has 12 heteroatoms. The van der Waals surface area contributed by atoms with E-state index in [1.165, 1.54) is 37.7 Å². The number of likely N-dealkylation sites (N-methyl/N-ethyl adjacent to an activating group) is 1. The van der Waals surface area contributed by atoms with Gasteiger partial charge in [0.2, 0.25) is 11.8 Å². The van der Waals surface area contributed by atoms with Crippen molar-refractivity contribution in [2.24, 2.45) is 5.92 Å². The first kappa shape index (κ1) is 35.8. The second-order valence-corrected chi connectivity index (χ2v) is 12.7. The van der Waals surface area contributed by atoms with E-state index in [-0.39, 0.29) is 42.8 Å². The number of nitrogens with zero attached hydrogens (tertiary/aromatic N) is 2. The van der Waals surface area contributed by atoms with Gasteiger partial charge in [-0.25, -0.2) is 4.79 Å². The number of phenolic OH excluding ortho intramolecular Hbond substituents is 2. The van der Waals surface area contributed by atoms with Gasteiger partial charge in [0.1, 0.15) is 17.6 Å². The summed E-state index contributed by atoms with van der Waals surface area (Å²) in [6, 6.07) is 2.19. The molecular formula is C33H50N4O8. The van der Waals surface area contributed by atoms with Crippen molar-refractivity contribution in [2.75, 3.05) is 33.2 Å². The fourth-order valence-electron chi connectivity index (χ4n) is 5.71. The zero-order valence-corrected chi connectivity index (χ0v) is 27.2. The predicted molar refractivity (Wildman–Crippen MR) is 168 cm³/mol. The molecule has 1 aromatic rings. The number of aliphatic hydroxyl groups is 1. The van der Waals surface area contributed by atoms with E-state index in [1.54, 1.807) is 19.2 Å². The lowest BCUT2D eigenvalue weighted by Crippen LogP contribution is -2.52. The smallest absolute Gasteiger partial charge is 0.414 e. The van der Waals surface area contributed by atoms with Gasteiger partial charge in [-0.05, 0) is 89.5 Å². The van der Waals surface area contributed by atoms with Crippen molar-refractivity contribution in [3.63, 3.8) is 0 Å². The minimum atomic E-state index is -0.992. The first-order valence-electron chi connectivity index (χ1n) is 15.8. The average Bonchev–Trinajstić information content (AvgIpc) is 3.80. The van der Waals surface area contributed by atoms with Gasteiger partial charge in [0, 0.05) is 58.1 Å². The van der Waals surface area contributed by atoms with Crippen LogP contribution in [0.5, 0.6) is 11.5 Å². The molecule has 0 radical (unpaired) electrons. The molecule has 1 aromatic carbocycles. The average molecular weight is 631 g/mol. The number of benzene rings is 1. The van der Waals surface area contributed by atoms with Crippen LogP contribution in [0, 0.1) is 12.8 Å². The van der Waals surface area contributed by atoms with Gasteiger partial charge in [-0.3, -0.25) is 19.3 Å². The van der Waals surface area contributed by atoms with Crippen LogP contribution in [-0.2, 0) is 25.5 Å². The summed E-state index contributed by atoms with van der Waals surface area (Å²) >= 11 is 0. The Labute approximate surface area is 265 Å². The highest BCUT2D eigenvalue weighted by molar-refractivity contribution is 5.91. The molecule has 0 spiro atoms. The topological polar surface area (TPSA) is 169 Å². The molecule has 250 valence electrons. The van der Waals surface area contributed by atoms with E-state index in [1.807, 2.05) is 13.8 Å². The molecule has 12 nitrogen and oxygen atoms in total. The van der Waals surface area contributed by atoms with E-state index in [4.69, 9.17) is 4.74 Å². The summed E-state index contributed by atoms with van der Waals surface area (Å²) < 4.78 is 5.58. The number of carbonyl (C=O) groups is 4. The summed E-state index contributed by atoms with van der Waals surface area (Å²) in [6.07, 6.45) is 5.97. The molecule has 3 atom stereocenters. The maximum Gasteiger partial charge on any atom is 0.414 e. The van der Waals surface area contributed by atoms with Crippen LogP contribution in [0.4, 0.5) is 4.79 Å². The van der Waals surface area contributed by atoms with Gasteiger partial charge in [0.05, 0.1) is 5.60 Å². The first-order chi connectivity index (χ1) is 21.2. The Bertz CT molecular complexity index is 1250. The van der Waals surface area contributed by atoms with Crippen molar-refractivity contribution in [3.05, 3.63) is 35.1 Å². The largest absolute Gasteiger partial charge is 0.504 e. The summed E-state index contributed by atoms with van der Waals surface area (Å²) in [4.78, 5) is 51.6. The van der Waals surface area contributed by atoms with Gasteiger partial charge in [-0.15, -0.1) is 0 Å². The number of hydrogen-bond acceptors (Lipinski definition) is 9. The maximum atomic E-state index is 12.7. The van der Waals surface area contributed by atoms with E-state index in [9.17, 15) is 34.5 Å². The lowest BCUT2D eigenvalue weighted by atomic mass is 9.82. The normalized spacial score (nSPS) is 19.3. The second-order valence-electron chi connectivity index (χ2n) is 12.7. The van der Waals surface area contributed by atoms with Gasteiger partial charge in [0.15, 0.2) is 11.5 Å². The van der Waals surface area contributed by atoms with Crippen molar-refractivity contribution in [2.45, 2.75) is 96.7 Å². The number of hydrogen-bond donors (Lipinski definition) is 5. The van der Waals surface area contributed by atoms with E-state index >= 15 is 0 Å². The van der Waals surface area contributed by atoms with Crippen LogP contribution >= 0.6 is 0 Å². The van der Waals surface area contributed by atoms with Crippen LogP contribution < -0.4 is 10.6 Å². The number of aryl methyl sites for hydroxylation is 1. The van der Waals surface area contributed by atoms with Crippen LogP contribution in [0.2, 0.25) is 0 Å². The van der Waals surface area contributed by atoms with Gasteiger partial charge >= 0.3 is 6.09 Å². The lowest BCUT2D eigenvalue weighted by molar-refractivity contribution is -0.130. The number of allylic oxidation sites excluding steroid dienone is 1. The lowest BCUT2D eigenvalue weighted by Gasteiger charge is -2.43. The Morgan fingerprint density at radius 1 is 1.13 bits per heavy atom. The van der Waals surface area contributed by atoms with E-state index in [0.29, 0.717) is 37.4 Å². The van der Waals surface area contributed by atoms with Crippen LogP contribution in [0.15, 0.2) is 24.0 Å². The summed E-state index contributed by atoms with van der Waals surface area (Å²) in [6.45, 7) is 8.45. The Kier molecular flexibility index (Phi) is 12.8. The molecule has 1 fully saturated rings. The summed E-state index contributed by atoms with van der Waals surface area (Å²) in [5.74, 6) is -0.231. The van der Waals surface area contributed by atoms with Gasteiger partial charge < -0.3 is 35.6 Å². The van der Waals surface area contributed by atoms with Gasteiger partial charge in [-0.1, -0.05) is 6.07 Å². The molecule has 3 rings (SSSR count). The Morgan fingerprint density at radius 3 is 2.44 bits per heavy atom. The van der Waals surface area contributed by atoms with Crippen LogP contribution in [0.25, 0.3) is 0 Å². The molecule has 2 unspecified atom stereocenters. The van der Waals surface area contributed by atoms with Crippen molar-refractivity contribution in [1.29, 1.82) is 0 Å². The van der Waals surface area contributed by atoms with E-state index in [0.717, 1.165) is 30.6 Å². The maximum absolute atomic E-state index is 12.7. The van der Waals surface area contributed by atoms with Crippen molar-refractivity contribution >= 4 is 23.7 Å². The Balaban J connectivity index is 1.50. The molecule has 0 saturated heterocycles. The van der Waals surface area contributed by atoms with Crippen LogP contribution in [-0.4, -0.2) is 99.7 Å². The summed E-state index contributed by atoms with van der Waals surface area (Å²) in [5.41, 5.74) is 0.684. The quantitative estimate of drug-likeness (QED) is 0.173. The highest BCUT2D eigenvalue weighted by atomic mass is 16.6. The molecule has 45 heavy (non-hydrogen) atoms. The monoisotopic (exact) mass is 630 g/mol. The minimum Gasteiger partial charge on any atom is -0.504 e. The highest BCUT2D eigenvalue weighted by Gasteiger charge is 2.40. The van der Waals surface area contributed by atoms with Gasteiger partial charge in [0.25, 0.3) is 0 Å². The SMILES string of the molecule is CC(=O)C[C@@H](NC(C)=O)C(=O)NCCN(C)C(=O)OC1=CCC(O)(C(C)N(CCCc2c(C)ccc(O)c2O)CC2CC2)CC1. The number of amides is 3. The molecule has 0 aromatic heterocycles. The summed E-state index contributed by atoms with van der Waals surface area (Å²) in [5, 5.41) is 37.0. The highest BCUT2D eigenvalue weighted by Crippen LogP contribution is 2.37. The van der Waals surface area contributed by atoms with E-state index < -0.39 is 29.6 Å². The van der Waals surface area contributed by atoms with Crippen LogP contribution in [0.3, 0.4) is 0 Å². The number of ether oxygens (including phenoxy) is 1. The molecule has 0 aliphatic heterocycles. The number of rotatable bonds is 16. The minimum absolute atomic E-state index is 0.0643. The molecule has 0 bridgehead atoms.